The number of fused-ring (bicyclic) bond motifs is 1. The maximum Gasteiger partial charge on any atom is 0.0491 e. The Kier molecular flexibility index (Phi) is 1.32. The lowest BCUT2D eigenvalue weighted by Crippen LogP contribution is -1.94. The summed E-state index contributed by atoms with van der Waals surface area (Å²) >= 11 is 0. The molecule has 3 rings (SSSR count). The zero-order chi connectivity index (χ0) is 8.84. The van der Waals surface area contributed by atoms with Gasteiger partial charge in [-0.1, -0.05) is 18.2 Å². The quantitative estimate of drug-likeness (QED) is 0.619. The van der Waals surface area contributed by atoms with Gasteiger partial charge < -0.3 is 4.57 Å². The standard InChI is InChI=1S/C12H12N/c1-9-8-10-4-2-3-5-12(10)13(9)11-6-7-11/h2-5,11H,6-7H2,1H3. The van der Waals surface area contributed by atoms with E-state index in [0.29, 0.717) is 0 Å². The molecule has 1 heterocycles. The molecule has 1 nitrogen and oxygen atoms in total. The maximum absolute atomic E-state index is 3.41. The summed E-state index contributed by atoms with van der Waals surface area (Å²) in [7, 11) is 0. The summed E-state index contributed by atoms with van der Waals surface area (Å²) in [5.41, 5.74) is 2.63. The fraction of sp³-hybridized carbons (Fsp3) is 0.333. The smallest absolute Gasteiger partial charge is 0.0491 e. The average molecular weight is 170 g/mol. The first kappa shape index (κ1) is 7.19. The van der Waals surface area contributed by atoms with Crippen LogP contribution in [-0.2, 0) is 0 Å². The molecule has 1 heteroatoms. The molecule has 1 aromatic heterocycles. The third-order valence-corrected chi connectivity index (χ3v) is 2.75. The molecule has 2 aromatic rings. The molecule has 1 aromatic carbocycles. The molecule has 1 aliphatic rings. The van der Waals surface area contributed by atoms with E-state index in [1.54, 1.807) is 0 Å². The fourth-order valence-electron chi connectivity index (χ4n) is 2.03. The van der Waals surface area contributed by atoms with Crippen molar-refractivity contribution in [3.63, 3.8) is 0 Å². The van der Waals surface area contributed by atoms with Gasteiger partial charge in [0.25, 0.3) is 0 Å². The number of para-hydroxylation sites is 1. The largest absolute Gasteiger partial charge is 0.341 e. The topological polar surface area (TPSA) is 4.93 Å². The Morgan fingerprint density at radius 1 is 1.31 bits per heavy atom. The Morgan fingerprint density at radius 3 is 2.85 bits per heavy atom. The Labute approximate surface area is 78.0 Å². The Bertz CT molecular complexity index is 449. The van der Waals surface area contributed by atoms with Crippen molar-refractivity contribution in [1.82, 2.24) is 4.57 Å². The molecular weight excluding hydrogens is 158 g/mol. The highest BCUT2D eigenvalue weighted by molar-refractivity contribution is 5.80. The second-order valence-corrected chi connectivity index (χ2v) is 3.83. The van der Waals surface area contributed by atoms with Gasteiger partial charge in [-0.05, 0) is 25.8 Å². The summed E-state index contributed by atoms with van der Waals surface area (Å²) in [6, 6.07) is 12.7. The minimum absolute atomic E-state index is 0.760. The first-order valence-corrected chi connectivity index (χ1v) is 4.85. The minimum atomic E-state index is 0.760. The van der Waals surface area contributed by atoms with Crippen molar-refractivity contribution in [1.29, 1.82) is 0 Å². The first-order valence-electron chi connectivity index (χ1n) is 4.85. The highest BCUT2D eigenvalue weighted by Crippen LogP contribution is 2.38. The van der Waals surface area contributed by atoms with Gasteiger partial charge >= 0.3 is 0 Å². The van der Waals surface area contributed by atoms with E-state index in [0.717, 1.165) is 6.04 Å². The van der Waals surface area contributed by atoms with Crippen LogP contribution in [0.15, 0.2) is 24.3 Å². The lowest BCUT2D eigenvalue weighted by Gasteiger charge is -2.04. The third kappa shape index (κ3) is 0.998. The molecule has 0 bridgehead atoms. The van der Waals surface area contributed by atoms with Crippen LogP contribution in [0.3, 0.4) is 0 Å². The van der Waals surface area contributed by atoms with E-state index in [9.17, 15) is 0 Å². The molecular formula is C12H12N. The number of nitrogens with zero attached hydrogens (tertiary/aromatic N) is 1. The first-order chi connectivity index (χ1) is 6.36. The number of aryl methyl sites for hydroxylation is 1. The summed E-state index contributed by atoms with van der Waals surface area (Å²) in [6.45, 7) is 2.15. The number of hydrogen-bond acceptors (Lipinski definition) is 0. The normalized spacial score (nSPS) is 16.7. The number of hydrogen-bond donors (Lipinski definition) is 0. The Hall–Kier alpha value is -1.24. The molecule has 13 heavy (non-hydrogen) atoms. The van der Waals surface area contributed by atoms with Crippen LogP contribution in [0.5, 0.6) is 0 Å². The predicted molar refractivity (Wildman–Crippen MR) is 53.8 cm³/mol. The molecule has 0 aliphatic heterocycles. The van der Waals surface area contributed by atoms with E-state index >= 15 is 0 Å². The van der Waals surface area contributed by atoms with Gasteiger partial charge in [-0.3, -0.25) is 0 Å². The van der Waals surface area contributed by atoms with Crippen LogP contribution in [0.2, 0.25) is 0 Å². The molecule has 0 N–H and O–H groups in total. The maximum atomic E-state index is 3.41. The van der Waals surface area contributed by atoms with E-state index in [1.165, 1.54) is 29.4 Å². The Balaban J connectivity index is 2.35. The highest BCUT2D eigenvalue weighted by Gasteiger charge is 2.25. The van der Waals surface area contributed by atoms with Gasteiger partial charge in [-0.15, -0.1) is 0 Å². The lowest BCUT2D eigenvalue weighted by atomic mass is 10.2. The van der Waals surface area contributed by atoms with Crippen molar-refractivity contribution in [3.05, 3.63) is 36.0 Å². The zero-order valence-corrected chi connectivity index (χ0v) is 7.75. The molecule has 0 spiro atoms. The van der Waals surface area contributed by atoms with Gasteiger partial charge in [-0.25, -0.2) is 0 Å². The summed E-state index contributed by atoms with van der Waals surface area (Å²) < 4.78 is 2.43. The number of aromatic nitrogens is 1. The predicted octanol–water partition coefficient (Wildman–Crippen LogP) is 3.08. The molecule has 0 saturated heterocycles. The average Bonchev–Trinajstić information content (AvgIpc) is 2.88. The molecule has 1 fully saturated rings. The van der Waals surface area contributed by atoms with Gasteiger partial charge in [0.15, 0.2) is 0 Å². The van der Waals surface area contributed by atoms with Gasteiger partial charge in [0.1, 0.15) is 0 Å². The SMILES string of the molecule is Cc1[c]c2ccccc2n1C1CC1. The van der Waals surface area contributed by atoms with Gasteiger partial charge in [0.05, 0.1) is 0 Å². The van der Waals surface area contributed by atoms with Crippen LogP contribution in [0, 0.1) is 13.0 Å². The highest BCUT2D eigenvalue weighted by atomic mass is 15.0. The van der Waals surface area contributed by atoms with Gasteiger partial charge in [0, 0.05) is 28.7 Å². The van der Waals surface area contributed by atoms with Crippen molar-refractivity contribution in [3.8, 4) is 0 Å². The summed E-state index contributed by atoms with van der Waals surface area (Å²) in [6.07, 6.45) is 2.68. The monoisotopic (exact) mass is 170 g/mol. The molecule has 1 radical (unpaired) electrons. The van der Waals surface area contributed by atoms with E-state index in [4.69, 9.17) is 0 Å². The third-order valence-electron chi connectivity index (χ3n) is 2.75. The molecule has 0 unspecified atom stereocenters. The van der Waals surface area contributed by atoms with E-state index in [-0.39, 0.29) is 0 Å². The Morgan fingerprint density at radius 2 is 2.08 bits per heavy atom. The van der Waals surface area contributed by atoms with Crippen LogP contribution >= 0.6 is 0 Å². The van der Waals surface area contributed by atoms with Crippen molar-refractivity contribution in [2.45, 2.75) is 25.8 Å². The lowest BCUT2D eigenvalue weighted by molar-refractivity contribution is 0.748. The van der Waals surface area contributed by atoms with E-state index in [2.05, 4.69) is 41.8 Å². The van der Waals surface area contributed by atoms with E-state index < -0.39 is 0 Å². The van der Waals surface area contributed by atoms with E-state index in [1.807, 2.05) is 0 Å². The van der Waals surface area contributed by atoms with Crippen LogP contribution < -0.4 is 0 Å². The van der Waals surface area contributed by atoms with Crippen LogP contribution in [-0.4, -0.2) is 4.57 Å². The van der Waals surface area contributed by atoms with Crippen LogP contribution in [0.4, 0.5) is 0 Å². The van der Waals surface area contributed by atoms with Crippen molar-refractivity contribution < 1.29 is 0 Å². The van der Waals surface area contributed by atoms with Gasteiger partial charge in [0.2, 0.25) is 0 Å². The molecule has 65 valence electrons. The molecule has 0 amide bonds. The summed E-state index contributed by atoms with van der Waals surface area (Å²) in [5, 5.41) is 1.26. The van der Waals surface area contributed by atoms with Crippen molar-refractivity contribution in [2.75, 3.05) is 0 Å². The number of benzene rings is 1. The zero-order valence-electron chi connectivity index (χ0n) is 7.75. The second kappa shape index (κ2) is 2.38. The van der Waals surface area contributed by atoms with Gasteiger partial charge in [-0.2, -0.15) is 0 Å². The minimum Gasteiger partial charge on any atom is -0.341 e. The fourth-order valence-corrected chi connectivity index (χ4v) is 2.03. The van der Waals surface area contributed by atoms with Crippen molar-refractivity contribution in [2.24, 2.45) is 0 Å². The van der Waals surface area contributed by atoms with Crippen LogP contribution in [0.25, 0.3) is 10.9 Å². The summed E-state index contributed by atoms with van der Waals surface area (Å²) in [5.74, 6) is 0. The second-order valence-electron chi connectivity index (χ2n) is 3.83. The van der Waals surface area contributed by atoms with Crippen LogP contribution in [0.1, 0.15) is 24.6 Å². The molecule has 1 aliphatic carbocycles. The molecule has 0 atom stereocenters. The molecule has 1 saturated carbocycles. The summed E-state index contributed by atoms with van der Waals surface area (Å²) in [4.78, 5) is 0. The van der Waals surface area contributed by atoms with Crippen molar-refractivity contribution >= 4 is 10.9 Å². The number of rotatable bonds is 1.